The number of halogens is 1. The second kappa shape index (κ2) is 11.0. The summed E-state index contributed by atoms with van der Waals surface area (Å²) in [4.78, 5) is 28.9. The number of nitrogens with one attached hydrogen (secondary N) is 2. The summed E-state index contributed by atoms with van der Waals surface area (Å²) in [6.07, 6.45) is 9.16. The lowest BCUT2D eigenvalue weighted by Crippen LogP contribution is -2.39. The Morgan fingerprint density at radius 2 is 1.90 bits per heavy atom. The minimum absolute atomic E-state index is 0.183. The van der Waals surface area contributed by atoms with E-state index in [1.165, 1.54) is 12.8 Å². The first-order valence-electron chi connectivity index (χ1n) is 12.9. The summed E-state index contributed by atoms with van der Waals surface area (Å²) in [5, 5.41) is 7.66. The van der Waals surface area contributed by atoms with E-state index < -0.39 is 0 Å². The van der Waals surface area contributed by atoms with E-state index in [1.807, 2.05) is 30.3 Å². The van der Waals surface area contributed by atoms with E-state index in [-0.39, 0.29) is 12.1 Å². The topological polar surface area (TPSA) is 101 Å². The van der Waals surface area contributed by atoms with Crippen molar-refractivity contribution >= 4 is 44.3 Å². The molecule has 0 bridgehead atoms. The standard InChI is InChI=1S/C29H28BrN7O2/c1-36-13-2-3-24(18-36)33-22-4-6-23(7-5-22)34-29-32-16-21-15-25(30)28(38)37(27(21)35-29)17-20-10-14-39-26(20)19-8-11-31-12-9-19/h4-12,14-16,24,33H,2-3,13,17-18H2,1H3,(H,32,34,35). The number of likely N-dealkylation sites (N-methyl/N-ethyl adjacent to an activating group) is 1. The molecule has 0 spiro atoms. The van der Waals surface area contributed by atoms with Gasteiger partial charge in [-0.25, -0.2) is 4.98 Å². The van der Waals surface area contributed by atoms with Crippen molar-refractivity contribution < 1.29 is 4.42 Å². The molecule has 0 saturated carbocycles. The Morgan fingerprint density at radius 1 is 1.10 bits per heavy atom. The molecular formula is C29H28BrN7O2. The number of anilines is 3. The van der Waals surface area contributed by atoms with Gasteiger partial charge in [0.2, 0.25) is 5.95 Å². The van der Waals surface area contributed by atoms with Gasteiger partial charge in [-0.2, -0.15) is 4.98 Å². The third kappa shape index (κ3) is 5.57. The van der Waals surface area contributed by atoms with E-state index in [0.29, 0.717) is 27.9 Å². The lowest BCUT2D eigenvalue weighted by atomic mass is 10.1. The third-order valence-corrected chi connectivity index (χ3v) is 7.51. The molecule has 5 aromatic rings. The van der Waals surface area contributed by atoms with E-state index >= 15 is 0 Å². The Hall–Kier alpha value is -4.02. The van der Waals surface area contributed by atoms with Gasteiger partial charge >= 0.3 is 0 Å². The quantitative estimate of drug-likeness (QED) is 0.258. The summed E-state index contributed by atoms with van der Waals surface area (Å²) in [7, 11) is 2.16. The van der Waals surface area contributed by atoms with E-state index in [4.69, 9.17) is 9.40 Å². The van der Waals surface area contributed by atoms with Crippen molar-refractivity contribution in [3.63, 3.8) is 0 Å². The zero-order chi connectivity index (χ0) is 26.8. The minimum Gasteiger partial charge on any atom is -0.464 e. The number of hydrogen-bond acceptors (Lipinski definition) is 8. The molecule has 10 heteroatoms. The first-order valence-corrected chi connectivity index (χ1v) is 13.7. The number of likely N-dealkylation sites (tertiary alicyclic amines) is 1. The molecule has 2 N–H and O–H groups in total. The molecule has 1 fully saturated rings. The van der Waals surface area contributed by atoms with Crippen LogP contribution in [0.2, 0.25) is 0 Å². The van der Waals surface area contributed by atoms with Crippen molar-refractivity contribution in [3.8, 4) is 11.3 Å². The SMILES string of the molecule is CN1CCCC(Nc2ccc(Nc3ncc4cc(Br)c(=O)n(Cc5ccoc5-c5ccncc5)c4n3)cc2)C1. The maximum Gasteiger partial charge on any atom is 0.266 e. The van der Waals surface area contributed by atoms with Gasteiger partial charge in [0.15, 0.2) is 0 Å². The summed E-state index contributed by atoms with van der Waals surface area (Å²) in [6, 6.07) is 16.0. The van der Waals surface area contributed by atoms with Gasteiger partial charge in [-0.15, -0.1) is 0 Å². The molecule has 0 amide bonds. The molecule has 5 heterocycles. The van der Waals surface area contributed by atoms with Gasteiger partial charge < -0.3 is 20.0 Å². The Morgan fingerprint density at radius 3 is 2.69 bits per heavy atom. The lowest BCUT2D eigenvalue weighted by Gasteiger charge is -2.30. The second-order valence-electron chi connectivity index (χ2n) is 9.82. The van der Waals surface area contributed by atoms with Gasteiger partial charge in [0, 0.05) is 59.1 Å². The van der Waals surface area contributed by atoms with Crippen LogP contribution < -0.4 is 16.2 Å². The smallest absolute Gasteiger partial charge is 0.266 e. The van der Waals surface area contributed by atoms with Crippen LogP contribution in [-0.4, -0.2) is 50.6 Å². The summed E-state index contributed by atoms with van der Waals surface area (Å²) in [6.45, 7) is 2.49. The van der Waals surface area contributed by atoms with Crippen LogP contribution in [0.3, 0.4) is 0 Å². The Balaban J connectivity index is 1.26. The van der Waals surface area contributed by atoms with Crippen molar-refractivity contribution in [2.75, 3.05) is 30.8 Å². The Labute approximate surface area is 234 Å². The van der Waals surface area contributed by atoms with Gasteiger partial charge in [-0.05, 0) is 90.9 Å². The molecule has 1 unspecified atom stereocenters. The molecule has 1 aliphatic rings. The van der Waals surface area contributed by atoms with Crippen LogP contribution in [0.5, 0.6) is 0 Å². The maximum absolute atomic E-state index is 13.2. The average molecular weight is 586 g/mol. The number of aromatic nitrogens is 4. The molecule has 1 aliphatic heterocycles. The monoisotopic (exact) mass is 585 g/mol. The van der Waals surface area contributed by atoms with Gasteiger partial charge in [0.05, 0.1) is 17.3 Å². The number of piperidine rings is 1. The number of rotatable bonds is 7. The van der Waals surface area contributed by atoms with Crippen LogP contribution >= 0.6 is 15.9 Å². The van der Waals surface area contributed by atoms with E-state index in [1.54, 1.807) is 35.5 Å². The van der Waals surface area contributed by atoms with Gasteiger partial charge in [-0.3, -0.25) is 14.3 Å². The molecule has 1 saturated heterocycles. The van der Waals surface area contributed by atoms with Gasteiger partial charge in [0.25, 0.3) is 5.56 Å². The number of pyridine rings is 2. The van der Waals surface area contributed by atoms with Gasteiger partial charge in [-0.1, -0.05) is 0 Å². The van der Waals surface area contributed by atoms with Crippen molar-refractivity contribution in [1.29, 1.82) is 0 Å². The third-order valence-electron chi connectivity index (χ3n) is 6.94. The fourth-order valence-electron chi connectivity index (χ4n) is 5.02. The number of nitrogens with zero attached hydrogens (tertiary/aromatic N) is 5. The normalized spacial score (nSPS) is 15.9. The van der Waals surface area contributed by atoms with E-state index in [2.05, 4.69) is 60.6 Å². The van der Waals surface area contributed by atoms with Crippen LogP contribution in [0.15, 0.2) is 87.1 Å². The zero-order valence-corrected chi connectivity index (χ0v) is 23.1. The van der Waals surface area contributed by atoms with Crippen molar-refractivity contribution in [2.45, 2.75) is 25.4 Å². The molecule has 1 atom stereocenters. The molecule has 198 valence electrons. The lowest BCUT2D eigenvalue weighted by molar-refractivity contribution is 0.261. The van der Waals surface area contributed by atoms with Gasteiger partial charge in [0.1, 0.15) is 11.4 Å². The highest BCUT2D eigenvalue weighted by molar-refractivity contribution is 9.10. The highest BCUT2D eigenvalue weighted by Crippen LogP contribution is 2.27. The molecular weight excluding hydrogens is 558 g/mol. The number of benzene rings is 1. The average Bonchev–Trinajstić information content (AvgIpc) is 3.41. The summed E-state index contributed by atoms with van der Waals surface area (Å²) in [5.41, 5.74) is 4.05. The molecule has 39 heavy (non-hydrogen) atoms. The zero-order valence-electron chi connectivity index (χ0n) is 21.5. The Bertz CT molecular complexity index is 1650. The summed E-state index contributed by atoms with van der Waals surface area (Å²) >= 11 is 3.41. The predicted molar refractivity (Wildman–Crippen MR) is 156 cm³/mol. The number of hydrogen-bond donors (Lipinski definition) is 2. The Kier molecular flexibility index (Phi) is 7.12. The predicted octanol–water partition coefficient (Wildman–Crippen LogP) is 5.51. The van der Waals surface area contributed by atoms with Crippen molar-refractivity contribution in [1.82, 2.24) is 24.4 Å². The highest BCUT2D eigenvalue weighted by atomic mass is 79.9. The maximum atomic E-state index is 13.2. The highest BCUT2D eigenvalue weighted by Gasteiger charge is 2.17. The van der Waals surface area contributed by atoms with E-state index in [0.717, 1.165) is 41.0 Å². The van der Waals surface area contributed by atoms with Crippen molar-refractivity contribution in [3.05, 3.63) is 93.8 Å². The van der Waals surface area contributed by atoms with E-state index in [9.17, 15) is 4.79 Å². The van der Waals surface area contributed by atoms with Crippen LogP contribution in [0.1, 0.15) is 18.4 Å². The molecule has 1 aromatic carbocycles. The molecule has 0 aliphatic carbocycles. The summed E-state index contributed by atoms with van der Waals surface area (Å²) < 4.78 is 7.84. The van der Waals surface area contributed by atoms with Crippen LogP contribution in [0, 0.1) is 0 Å². The minimum atomic E-state index is -0.183. The largest absolute Gasteiger partial charge is 0.464 e. The number of fused-ring (bicyclic) bond motifs is 1. The molecule has 6 rings (SSSR count). The fourth-order valence-corrected chi connectivity index (χ4v) is 5.48. The number of furan rings is 1. The van der Waals surface area contributed by atoms with Crippen molar-refractivity contribution in [2.24, 2.45) is 0 Å². The molecule has 4 aromatic heterocycles. The van der Waals surface area contributed by atoms with Crippen LogP contribution in [0.4, 0.5) is 17.3 Å². The van der Waals surface area contributed by atoms with Crippen LogP contribution in [0.25, 0.3) is 22.4 Å². The molecule has 0 radical (unpaired) electrons. The summed E-state index contributed by atoms with van der Waals surface area (Å²) in [5.74, 6) is 1.10. The second-order valence-corrected chi connectivity index (χ2v) is 10.7. The van der Waals surface area contributed by atoms with Crippen LogP contribution in [-0.2, 0) is 6.54 Å². The fraction of sp³-hybridized carbons (Fsp3) is 0.241. The first kappa shape index (κ1) is 25.3. The first-order chi connectivity index (χ1) is 19.0. The molecule has 9 nitrogen and oxygen atoms in total.